The van der Waals surface area contributed by atoms with Crippen molar-refractivity contribution in [3.63, 3.8) is 0 Å². The van der Waals surface area contributed by atoms with Crippen molar-refractivity contribution in [2.45, 2.75) is 58.5 Å². The zero-order chi connectivity index (χ0) is 12.0. The van der Waals surface area contributed by atoms with Gasteiger partial charge in [0.05, 0.1) is 0 Å². The minimum absolute atomic E-state index is 0.399. The van der Waals surface area contributed by atoms with Crippen LogP contribution < -0.4 is 5.32 Å². The maximum atomic E-state index is 3.72. The maximum Gasteiger partial charge on any atom is 0.0244 e. The van der Waals surface area contributed by atoms with Gasteiger partial charge in [0, 0.05) is 31.7 Å². The molecule has 0 bridgehead atoms. The monoisotopic (exact) mass is 236 g/mol. The molecule has 3 fully saturated rings. The van der Waals surface area contributed by atoms with E-state index >= 15 is 0 Å². The molecule has 2 nitrogen and oxygen atoms in total. The Morgan fingerprint density at radius 1 is 1.06 bits per heavy atom. The second-order valence-corrected chi connectivity index (χ2v) is 7.53. The van der Waals surface area contributed by atoms with E-state index in [0.29, 0.717) is 11.5 Å². The van der Waals surface area contributed by atoms with Crippen LogP contribution in [0.15, 0.2) is 0 Å². The van der Waals surface area contributed by atoms with E-state index in [0.717, 1.165) is 17.9 Å². The van der Waals surface area contributed by atoms with Crippen LogP contribution in [0.25, 0.3) is 0 Å². The van der Waals surface area contributed by atoms with E-state index in [4.69, 9.17) is 0 Å². The van der Waals surface area contributed by atoms with Crippen molar-refractivity contribution in [2.75, 3.05) is 19.6 Å². The van der Waals surface area contributed by atoms with E-state index in [1.54, 1.807) is 0 Å². The van der Waals surface area contributed by atoms with E-state index in [-0.39, 0.29) is 0 Å². The number of nitrogens with one attached hydrogen (secondary N) is 1. The van der Waals surface area contributed by atoms with Gasteiger partial charge >= 0.3 is 0 Å². The Morgan fingerprint density at radius 3 is 2.12 bits per heavy atom. The van der Waals surface area contributed by atoms with Gasteiger partial charge in [-0.05, 0) is 42.9 Å². The van der Waals surface area contributed by atoms with Crippen molar-refractivity contribution in [1.29, 1.82) is 0 Å². The highest BCUT2D eigenvalue weighted by Gasteiger charge is 2.46. The van der Waals surface area contributed by atoms with Crippen molar-refractivity contribution in [3.8, 4) is 0 Å². The molecule has 1 unspecified atom stereocenters. The summed E-state index contributed by atoms with van der Waals surface area (Å²) in [5, 5.41) is 3.72. The van der Waals surface area contributed by atoms with Crippen LogP contribution in [-0.4, -0.2) is 36.6 Å². The van der Waals surface area contributed by atoms with Crippen LogP contribution in [0, 0.1) is 17.3 Å². The van der Waals surface area contributed by atoms with Gasteiger partial charge in [0.1, 0.15) is 0 Å². The number of hydrogen-bond acceptors (Lipinski definition) is 2. The van der Waals surface area contributed by atoms with Gasteiger partial charge in [-0.15, -0.1) is 0 Å². The molecule has 1 heterocycles. The van der Waals surface area contributed by atoms with Gasteiger partial charge in [-0.2, -0.15) is 0 Å². The summed E-state index contributed by atoms with van der Waals surface area (Å²) in [5.41, 5.74) is 0.399. The largest absolute Gasteiger partial charge is 0.311 e. The molecule has 0 spiro atoms. The molecule has 2 saturated carbocycles. The van der Waals surface area contributed by atoms with E-state index in [2.05, 4.69) is 31.0 Å². The third kappa shape index (κ3) is 2.68. The normalized spacial score (nSPS) is 32.1. The fraction of sp³-hybridized carbons (Fsp3) is 1.00. The highest BCUT2D eigenvalue weighted by molar-refractivity contribution is 5.00. The average molecular weight is 236 g/mol. The molecule has 1 saturated heterocycles. The van der Waals surface area contributed by atoms with E-state index in [1.165, 1.54) is 45.3 Å². The van der Waals surface area contributed by atoms with Crippen molar-refractivity contribution in [1.82, 2.24) is 10.2 Å². The van der Waals surface area contributed by atoms with Crippen LogP contribution >= 0.6 is 0 Å². The summed E-state index contributed by atoms with van der Waals surface area (Å²) >= 11 is 0. The van der Waals surface area contributed by atoms with Gasteiger partial charge in [-0.1, -0.05) is 20.8 Å². The van der Waals surface area contributed by atoms with Crippen molar-refractivity contribution < 1.29 is 0 Å². The fourth-order valence-electron chi connectivity index (χ4n) is 3.48. The molecule has 0 aromatic carbocycles. The lowest BCUT2D eigenvalue weighted by molar-refractivity contribution is 0.0782. The lowest BCUT2D eigenvalue weighted by Gasteiger charge is -2.44. The Bertz CT molecular complexity index is 261. The van der Waals surface area contributed by atoms with Gasteiger partial charge < -0.3 is 5.32 Å². The first-order valence-electron chi connectivity index (χ1n) is 7.53. The summed E-state index contributed by atoms with van der Waals surface area (Å²) in [4.78, 5) is 2.84. The molecule has 2 aliphatic carbocycles. The SMILES string of the molecule is CC(C)(C)C1CN(C(C2CC2)C2CC2)CCN1. The highest BCUT2D eigenvalue weighted by atomic mass is 15.2. The van der Waals surface area contributed by atoms with Gasteiger partial charge in [0.2, 0.25) is 0 Å². The minimum atomic E-state index is 0.399. The molecule has 3 aliphatic rings. The van der Waals surface area contributed by atoms with Crippen LogP contribution in [0.5, 0.6) is 0 Å². The molecular weight excluding hydrogens is 208 g/mol. The zero-order valence-corrected chi connectivity index (χ0v) is 11.7. The average Bonchev–Trinajstić information content (AvgIpc) is 3.11. The first-order chi connectivity index (χ1) is 8.05. The second-order valence-electron chi connectivity index (χ2n) is 7.53. The van der Waals surface area contributed by atoms with Crippen molar-refractivity contribution >= 4 is 0 Å². The van der Waals surface area contributed by atoms with E-state index in [1.807, 2.05) is 0 Å². The molecule has 98 valence electrons. The summed E-state index contributed by atoms with van der Waals surface area (Å²) in [5.74, 6) is 2.11. The van der Waals surface area contributed by atoms with Gasteiger partial charge in [-0.3, -0.25) is 4.90 Å². The van der Waals surface area contributed by atoms with Crippen LogP contribution in [0.4, 0.5) is 0 Å². The predicted octanol–water partition coefficient (Wildman–Crippen LogP) is 2.49. The highest BCUT2D eigenvalue weighted by Crippen LogP contribution is 2.47. The topological polar surface area (TPSA) is 15.3 Å². The third-order valence-electron chi connectivity index (χ3n) is 4.88. The zero-order valence-electron chi connectivity index (χ0n) is 11.7. The first kappa shape index (κ1) is 12.0. The van der Waals surface area contributed by atoms with Crippen LogP contribution in [0.3, 0.4) is 0 Å². The fourth-order valence-corrected chi connectivity index (χ4v) is 3.48. The quantitative estimate of drug-likeness (QED) is 0.810. The minimum Gasteiger partial charge on any atom is -0.311 e. The van der Waals surface area contributed by atoms with Crippen molar-refractivity contribution in [2.24, 2.45) is 17.3 Å². The number of hydrogen-bond donors (Lipinski definition) is 1. The van der Waals surface area contributed by atoms with Crippen LogP contribution in [0.2, 0.25) is 0 Å². The molecule has 17 heavy (non-hydrogen) atoms. The Kier molecular flexibility index (Phi) is 2.99. The molecule has 1 aliphatic heterocycles. The first-order valence-corrected chi connectivity index (χ1v) is 7.53. The summed E-state index contributed by atoms with van der Waals surface area (Å²) < 4.78 is 0. The van der Waals surface area contributed by atoms with Gasteiger partial charge in [-0.25, -0.2) is 0 Å². The smallest absolute Gasteiger partial charge is 0.0244 e. The van der Waals surface area contributed by atoms with E-state index in [9.17, 15) is 0 Å². The molecule has 0 amide bonds. The molecule has 2 heteroatoms. The second kappa shape index (κ2) is 4.24. The van der Waals surface area contributed by atoms with E-state index < -0.39 is 0 Å². The molecule has 0 radical (unpaired) electrons. The Labute approximate surface area is 106 Å². The van der Waals surface area contributed by atoms with Crippen LogP contribution in [-0.2, 0) is 0 Å². The molecule has 0 aromatic heterocycles. The number of piperazine rings is 1. The van der Waals surface area contributed by atoms with Crippen LogP contribution in [0.1, 0.15) is 46.5 Å². The van der Waals surface area contributed by atoms with Gasteiger partial charge in [0.15, 0.2) is 0 Å². The lowest BCUT2D eigenvalue weighted by atomic mass is 9.85. The Hall–Kier alpha value is -0.0800. The predicted molar refractivity (Wildman–Crippen MR) is 72.1 cm³/mol. The Balaban J connectivity index is 1.65. The summed E-state index contributed by atoms with van der Waals surface area (Å²) in [6, 6.07) is 1.62. The molecular formula is C15H28N2. The molecule has 1 atom stereocenters. The Morgan fingerprint density at radius 2 is 1.65 bits per heavy atom. The van der Waals surface area contributed by atoms with Crippen molar-refractivity contribution in [3.05, 3.63) is 0 Å². The standard InChI is InChI=1S/C15H28N2/c1-15(2,3)13-10-17(9-8-16-13)14(11-4-5-11)12-6-7-12/h11-14,16H,4-10H2,1-3H3. The maximum absolute atomic E-state index is 3.72. The third-order valence-corrected chi connectivity index (χ3v) is 4.88. The molecule has 1 N–H and O–H groups in total. The summed E-state index contributed by atoms with van der Waals surface area (Å²) in [6.45, 7) is 10.9. The number of rotatable bonds is 3. The number of nitrogens with zero attached hydrogens (tertiary/aromatic N) is 1. The lowest BCUT2D eigenvalue weighted by Crippen LogP contribution is -2.59. The summed E-state index contributed by atoms with van der Waals surface area (Å²) in [6.07, 6.45) is 6.02. The van der Waals surface area contributed by atoms with Gasteiger partial charge in [0.25, 0.3) is 0 Å². The summed E-state index contributed by atoms with van der Waals surface area (Å²) in [7, 11) is 0. The molecule has 0 aromatic rings. The molecule has 3 rings (SSSR count).